The smallest absolute Gasteiger partial charge is 0.225 e. The normalized spacial score (nSPS) is 22.9. The molecule has 4 heteroatoms. The number of carbonyl (C=O) groups excluding carboxylic acids is 1. The van der Waals surface area contributed by atoms with E-state index in [0.29, 0.717) is 5.92 Å². The van der Waals surface area contributed by atoms with E-state index in [-0.39, 0.29) is 18.6 Å². The Hall–Kier alpha value is -1.06. The van der Waals surface area contributed by atoms with E-state index in [1.807, 2.05) is 24.3 Å². The molecule has 16 heavy (non-hydrogen) atoms. The first kappa shape index (κ1) is 11.4. The van der Waals surface area contributed by atoms with Crippen LogP contribution in [0.4, 0.5) is 0 Å². The van der Waals surface area contributed by atoms with Crippen LogP contribution in [-0.2, 0) is 9.53 Å². The number of hydrogen-bond acceptors (Lipinski definition) is 2. The summed E-state index contributed by atoms with van der Waals surface area (Å²) in [5.74, 6) is 0.507. The quantitative estimate of drug-likeness (QED) is 0.818. The van der Waals surface area contributed by atoms with Gasteiger partial charge in [0.25, 0.3) is 0 Å². The van der Waals surface area contributed by atoms with Crippen LogP contribution in [0.2, 0.25) is 5.02 Å². The average molecular weight is 240 g/mol. The number of amides is 1. The molecule has 1 N–H and O–H groups in total. The average Bonchev–Trinajstić information content (AvgIpc) is 3.07. The van der Waals surface area contributed by atoms with E-state index in [9.17, 15) is 4.79 Å². The lowest BCUT2D eigenvalue weighted by Gasteiger charge is -2.03. The molecular weight excluding hydrogens is 226 g/mol. The maximum atomic E-state index is 11.6. The maximum absolute atomic E-state index is 11.6. The zero-order valence-electron chi connectivity index (χ0n) is 9.07. The van der Waals surface area contributed by atoms with Crippen LogP contribution in [0, 0.1) is 5.92 Å². The molecule has 0 saturated heterocycles. The summed E-state index contributed by atoms with van der Waals surface area (Å²) in [6.45, 7) is 0.280. The highest BCUT2D eigenvalue weighted by atomic mass is 35.5. The number of halogens is 1. The van der Waals surface area contributed by atoms with Gasteiger partial charge in [0.15, 0.2) is 0 Å². The van der Waals surface area contributed by atoms with Gasteiger partial charge in [0.05, 0.1) is 0 Å². The Labute approximate surface area is 99.7 Å². The minimum atomic E-state index is 0.0711. The van der Waals surface area contributed by atoms with Gasteiger partial charge < -0.3 is 10.1 Å². The molecule has 1 aromatic rings. The minimum Gasteiger partial charge on any atom is -0.364 e. The number of hydrogen-bond donors (Lipinski definition) is 1. The van der Waals surface area contributed by atoms with E-state index in [0.717, 1.165) is 11.4 Å². The zero-order chi connectivity index (χ0) is 11.5. The van der Waals surface area contributed by atoms with E-state index < -0.39 is 0 Å². The highest BCUT2D eigenvalue weighted by Gasteiger charge is 2.43. The largest absolute Gasteiger partial charge is 0.364 e. The fourth-order valence-electron chi connectivity index (χ4n) is 1.84. The molecule has 2 rings (SSSR count). The van der Waals surface area contributed by atoms with E-state index in [1.54, 1.807) is 7.11 Å². The Kier molecular flexibility index (Phi) is 3.46. The Morgan fingerprint density at radius 3 is 2.81 bits per heavy atom. The molecule has 86 valence electrons. The Morgan fingerprint density at radius 2 is 2.19 bits per heavy atom. The molecule has 1 saturated carbocycles. The van der Waals surface area contributed by atoms with Crippen LogP contribution < -0.4 is 5.32 Å². The number of carbonyl (C=O) groups is 1. The van der Waals surface area contributed by atoms with Gasteiger partial charge in [-0.05, 0) is 30.0 Å². The van der Waals surface area contributed by atoms with E-state index in [4.69, 9.17) is 16.3 Å². The number of benzene rings is 1. The molecular formula is C12H14ClNO2. The number of ether oxygens (including phenoxy) is 1. The van der Waals surface area contributed by atoms with Crippen LogP contribution in [0.25, 0.3) is 0 Å². The van der Waals surface area contributed by atoms with Crippen LogP contribution in [0.5, 0.6) is 0 Å². The minimum absolute atomic E-state index is 0.0711. The molecule has 0 bridgehead atoms. The molecule has 1 aromatic carbocycles. The van der Waals surface area contributed by atoms with E-state index in [1.165, 1.54) is 5.56 Å². The molecule has 0 heterocycles. The highest BCUT2D eigenvalue weighted by Crippen LogP contribution is 2.47. The van der Waals surface area contributed by atoms with Gasteiger partial charge in [0.2, 0.25) is 5.91 Å². The summed E-state index contributed by atoms with van der Waals surface area (Å²) < 4.78 is 4.80. The zero-order valence-corrected chi connectivity index (χ0v) is 9.83. The van der Waals surface area contributed by atoms with Crippen molar-refractivity contribution in [1.29, 1.82) is 0 Å². The molecule has 1 fully saturated rings. The topological polar surface area (TPSA) is 38.3 Å². The first-order valence-electron chi connectivity index (χ1n) is 5.24. The molecule has 0 aliphatic heterocycles. The van der Waals surface area contributed by atoms with Gasteiger partial charge in [-0.1, -0.05) is 23.7 Å². The van der Waals surface area contributed by atoms with Crippen molar-refractivity contribution in [3.63, 3.8) is 0 Å². The molecule has 0 radical (unpaired) electrons. The maximum Gasteiger partial charge on any atom is 0.225 e. The summed E-state index contributed by atoms with van der Waals surface area (Å²) in [5, 5.41) is 3.44. The fourth-order valence-corrected chi connectivity index (χ4v) is 1.96. The van der Waals surface area contributed by atoms with Gasteiger partial charge in [-0.2, -0.15) is 0 Å². The summed E-state index contributed by atoms with van der Waals surface area (Å²) in [7, 11) is 1.56. The second-order valence-electron chi connectivity index (χ2n) is 3.97. The first-order valence-corrected chi connectivity index (χ1v) is 5.62. The van der Waals surface area contributed by atoms with Gasteiger partial charge in [-0.25, -0.2) is 0 Å². The lowest BCUT2D eigenvalue weighted by Crippen LogP contribution is -2.27. The van der Waals surface area contributed by atoms with Crippen molar-refractivity contribution >= 4 is 17.5 Å². The highest BCUT2D eigenvalue weighted by molar-refractivity contribution is 6.30. The predicted molar refractivity (Wildman–Crippen MR) is 62.3 cm³/mol. The predicted octanol–water partition coefficient (Wildman–Crippen LogP) is 2.16. The third-order valence-corrected chi connectivity index (χ3v) is 3.07. The molecule has 0 spiro atoms. The molecule has 2 unspecified atom stereocenters. The molecule has 3 nitrogen and oxygen atoms in total. The van der Waals surface area contributed by atoms with Gasteiger partial charge >= 0.3 is 0 Å². The summed E-state index contributed by atoms with van der Waals surface area (Å²) in [6, 6.07) is 7.69. The third-order valence-electron chi connectivity index (χ3n) is 2.82. The summed E-state index contributed by atoms with van der Waals surface area (Å²) in [5.41, 5.74) is 1.18. The van der Waals surface area contributed by atoms with Crippen molar-refractivity contribution in [2.75, 3.05) is 13.8 Å². The summed E-state index contributed by atoms with van der Waals surface area (Å²) in [4.78, 5) is 11.6. The second-order valence-corrected chi connectivity index (χ2v) is 4.41. The number of nitrogens with one attached hydrogen (secondary N) is 1. The number of rotatable bonds is 4. The Bertz CT molecular complexity index is 377. The van der Waals surface area contributed by atoms with Crippen molar-refractivity contribution in [3.8, 4) is 0 Å². The van der Waals surface area contributed by atoms with Crippen molar-refractivity contribution in [2.24, 2.45) is 5.92 Å². The standard InChI is InChI=1S/C12H14ClNO2/c1-16-7-14-12(15)11-6-10(11)8-2-4-9(13)5-3-8/h2-5,10-11H,6-7H2,1H3,(H,14,15). The Balaban J connectivity index is 1.91. The first-order chi connectivity index (χ1) is 7.72. The molecule has 1 amide bonds. The van der Waals surface area contributed by atoms with Crippen LogP contribution >= 0.6 is 11.6 Å². The van der Waals surface area contributed by atoms with Gasteiger partial charge in [-0.15, -0.1) is 0 Å². The van der Waals surface area contributed by atoms with Gasteiger partial charge in [0, 0.05) is 18.1 Å². The van der Waals surface area contributed by atoms with Crippen LogP contribution in [-0.4, -0.2) is 19.7 Å². The molecule has 1 aliphatic rings. The monoisotopic (exact) mass is 239 g/mol. The SMILES string of the molecule is COCNC(=O)C1CC1c1ccc(Cl)cc1. The Morgan fingerprint density at radius 1 is 1.50 bits per heavy atom. The van der Waals surface area contributed by atoms with Crippen molar-refractivity contribution < 1.29 is 9.53 Å². The second kappa shape index (κ2) is 4.85. The molecule has 1 aliphatic carbocycles. The lowest BCUT2D eigenvalue weighted by atomic mass is 10.1. The van der Waals surface area contributed by atoms with Crippen molar-refractivity contribution in [3.05, 3.63) is 34.9 Å². The van der Waals surface area contributed by atoms with Crippen molar-refractivity contribution in [2.45, 2.75) is 12.3 Å². The van der Waals surface area contributed by atoms with Gasteiger partial charge in [-0.3, -0.25) is 4.79 Å². The molecule has 0 aromatic heterocycles. The number of methoxy groups -OCH3 is 1. The molecule has 2 atom stereocenters. The van der Waals surface area contributed by atoms with E-state index >= 15 is 0 Å². The summed E-state index contributed by atoms with van der Waals surface area (Å²) in [6.07, 6.45) is 0.914. The summed E-state index contributed by atoms with van der Waals surface area (Å²) >= 11 is 5.81. The van der Waals surface area contributed by atoms with Crippen LogP contribution in [0.1, 0.15) is 17.9 Å². The third kappa shape index (κ3) is 2.54. The van der Waals surface area contributed by atoms with Crippen molar-refractivity contribution in [1.82, 2.24) is 5.32 Å². The fraction of sp³-hybridized carbons (Fsp3) is 0.417. The van der Waals surface area contributed by atoms with Crippen LogP contribution in [0.15, 0.2) is 24.3 Å². The van der Waals surface area contributed by atoms with Crippen LogP contribution in [0.3, 0.4) is 0 Å². The van der Waals surface area contributed by atoms with Gasteiger partial charge in [0.1, 0.15) is 6.73 Å². The lowest BCUT2D eigenvalue weighted by molar-refractivity contribution is -0.123. The van der Waals surface area contributed by atoms with E-state index in [2.05, 4.69) is 5.32 Å².